The largest absolute Gasteiger partial charge is 0.378 e. The number of benzene rings is 1. The monoisotopic (exact) mass is 364 g/mol. The Morgan fingerprint density at radius 2 is 1.85 bits per heavy atom. The highest BCUT2D eigenvalue weighted by atomic mass is 19.1. The Morgan fingerprint density at radius 1 is 1.19 bits per heavy atom. The third-order valence-corrected chi connectivity index (χ3v) is 4.58. The Labute approximate surface area is 154 Å². The second-order valence-electron chi connectivity index (χ2n) is 7.32. The molecule has 1 aliphatic rings. The molecular weight excluding hydrogens is 335 g/mol. The summed E-state index contributed by atoms with van der Waals surface area (Å²) >= 11 is 0. The third kappa shape index (κ3) is 5.80. The van der Waals surface area contributed by atoms with Gasteiger partial charge in [-0.15, -0.1) is 0 Å². The van der Waals surface area contributed by atoms with Crippen molar-refractivity contribution in [3.05, 3.63) is 35.6 Å². The number of hydrogen-bond donors (Lipinski definition) is 1. The Balaban J connectivity index is 2.00. The van der Waals surface area contributed by atoms with Crippen LogP contribution >= 0.6 is 0 Å². The summed E-state index contributed by atoms with van der Waals surface area (Å²) in [7, 11) is 0. The van der Waals surface area contributed by atoms with E-state index < -0.39 is 12.0 Å². The van der Waals surface area contributed by atoms with Crippen molar-refractivity contribution in [3.63, 3.8) is 0 Å². The molecule has 6 heteroatoms. The van der Waals surface area contributed by atoms with Crippen LogP contribution in [0.5, 0.6) is 0 Å². The number of nitrogens with zero attached hydrogens (tertiary/aromatic N) is 1. The first kappa shape index (κ1) is 20.4. The second kappa shape index (κ2) is 9.67. The van der Waals surface area contributed by atoms with Gasteiger partial charge in [0.25, 0.3) is 0 Å². The third-order valence-electron chi connectivity index (χ3n) is 4.58. The van der Waals surface area contributed by atoms with Gasteiger partial charge < -0.3 is 15.0 Å². The number of halogens is 1. The molecular formula is C20H29FN2O3. The van der Waals surface area contributed by atoms with Crippen molar-refractivity contribution in [1.82, 2.24) is 10.2 Å². The Kier molecular flexibility index (Phi) is 7.57. The topological polar surface area (TPSA) is 58.6 Å². The van der Waals surface area contributed by atoms with Crippen molar-refractivity contribution in [3.8, 4) is 0 Å². The average molecular weight is 364 g/mol. The first-order chi connectivity index (χ1) is 12.4. The Bertz CT molecular complexity index is 615. The lowest BCUT2D eigenvalue weighted by molar-refractivity contribution is -0.141. The second-order valence-corrected chi connectivity index (χ2v) is 7.32. The van der Waals surface area contributed by atoms with Crippen LogP contribution in [0.15, 0.2) is 24.3 Å². The molecule has 0 aromatic heterocycles. The highest BCUT2D eigenvalue weighted by molar-refractivity contribution is 5.88. The summed E-state index contributed by atoms with van der Waals surface area (Å²) in [6, 6.07) is 5.91. The number of carbonyl (C=O) groups is 2. The number of ether oxygens (including phenoxy) is 1. The van der Waals surface area contributed by atoms with Gasteiger partial charge in [-0.3, -0.25) is 9.59 Å². The molecule has 0 radical (unpaired) electrons. The summed E-state index contributed by atoms with van der Waals surface area (Å²) in [5.74, 6) is -0.740. The fraction of sp³-hybridized carbons (Fsp3) is 0.600. The Morgan fingerprint density at radius 3 is 2.46 bits per heavy atom. The lowest BCUT2D eigenvalue weighted by Crippen LogP contribution is -2.53. The van der Waals surface area contributed by atoms with E-state index >= 15 is 0 Å². The average Bonchev–Trinajstić information content (AvgIpc) is 2.62. The van der Waals surface area contributed by atoms with Crippen LogP contribution in [0.25, 0.3) is 0 Å². The van der Waals surface area contributed by atoms with Gasteiger partial charge in [0.2, 0.25) is 11.8 Å². The fourth-order valence-corrected chi connectivity index (χ4v) is 3.10. The van der Waals surface area contributed by atoms with Crippen LogP contribution in [-0.4, -0.2) is 49.1 Å². The summed E-state index contributed by atoms with van der Waals surface area (Å²) in [5, 5.41) is 2.89. The normalized spacial score (nSPS) is 17.0. The SMILES string of the molecule is CC(C)C[C@H](NC(=O)C(C)Cc1ccccc1F)C(=O)N1CCOCC1. The van der Waals surface area contributed by atoms with Gasteiger partial charge in [-0.05, 0) is 30.4 Å². The van der Waals surface area contributed by atoms with Gasteiger partial charge in [0.05, 0.1) is 13.2 Å². The zero-order chi connectivity index (χ0) is 19.1. The minimum Gasteiger partial charge on any atom is -0.378 e. The number of nitrogens with one attached hydrogen (secondary N) is 1. The van der Waals surface area contributed by atoms with Crippen LogP contribution in [0.4, 0.5) is 4.39 Å². The minimum absolute atomic E-state index is 0.0616. The standard InChI is InChI=1S/C20H29FN2O3/c1-14(2)12-18(20(25)23-8-10-26-11-9-23)22-19(24)15(3)13-16-6-4-5-7-17(16)21/h4-7,14-15,18H,8-13H2,1-3H3,(H,22,24)/t15?,18-/m0/s1. The molecule has 1 N–H and O–H groups in total. The van der Waals surface area contributed by atoms with E-state index in [4.69, 9.17) is 4.74 Å². The smallest absolute Gasteiger partial charge is 0.245 e. The van der Waals surface area contributed by atoms with E-state index in [0.29, 0.717) is 44.7 Å². The number of carbonyl (C=O) groups excluding carboxylic acids is 2. The van der Waals surface area contributed by atoms with E-state index in [2.05, 4.69) is 5.32 Å². The molecule has 1 heterocycles. The van der Waals surface area contributed by atoms with Crippen molar-refractivity contribution in [1.29, 1.82) is 0 Å². The zero-order valence-corrected chi connectivity index (χ0v) is 15.8. The molecule has 2 rings (SSSR count). The molecule has 0 saturated carbocycles. The molecule has 2 atom stereocenters. The van der Waals surface area contributed by atoms with Gasteiger partial charge in [-0.2, -0.15) is 0 Å². The van der Waals surface area contributed by atoms with Crippen molar-refractivity contribution in [2.75, 3.05) is 26.3 Å². The minimum atomic E-state index is -0.552. The predicted molar refractivity (Wildman–Crippen MR) is 98.1 cm³/mol. The van der Waals surface area contributed by atoms with Gasteiger partial charge in [-0.1, -0.05) is 39.0 Å². The number of rotatable bonds is 7. The van der Waals surface area contributed by atoms with Gasteiger partial charge in [0.1, 0.15) is 11.9 Å². The van der Waals surface area contributed by atoms with E-state index in [1.54, 1.807) is 30.0 Å². The molecule has 1 aromatic rings. The van der Waals surface area contributed by atoms with Gasteiger partial charge in [0, 0.05) is 19.0 Å². The van der Waals surface area contributed by atoms with Crippen molar-refractivity contribution < 1.29 is 18.7 Å². The van der Waals surface area contributed by atoms with Crippen molar-refractivity contribution in [2.24, 2.45) is 11.8 Å². The molecule has 0 aliphatic carbocycles. The molecule has 1 fully saturated rings. The maximum absolute atomic E-state index is 13.8. The quantitative estimate of drug-likeness (QED) is 0.808. The van der Waals surface area contributed by atoms with E-state index in [-0.39, 0.29) is 23.5 Å². The summed E-state index contributed by atoms with van der Waals surface area (Å²) in [4.78, 5) is 27.2. The van der Waals surface area contributed by atoms with Crippen LogP contribution in [-0.2, 0) is 20.7 Å². The van der Waals surface area contributed by atoms with Crippen LogP contribution in [0.2, 0.25) is 0 Å². The van der Waals surface area contributed by atoms with E-state index in [1.807, 2.05) is 13.8 Å². The number of hydrogen-bond acceptors (Lipinski definition) is 3. The molecule has 1 unspecified atom stereocenters. The molecule has 1 saturated heterocycles. The summed E-state index contributed by atoms with van der Waals surface area (Å²) < 4.78 is 19.1. The molecule has 26 heavy (non-hydrogen) atoms. The predicted octanol–water partition coefficient (Wildman–Crippen LogP) is 2.39. The molecule has 1 aliphatic heterocycles. The molecule has 0 spiro atoms. The van der Waals surface area contributed by atoms with Crippen molar-refractivity contribution >= 4 is 11.8 Å². The summed E-state index contributed by atoms with van der Waals surface area (Å²) in [6.07, 6.45) is 0.882. The molecule has 1 aromatic carbocycles. The van der Waals surface area contributed by atoms with E-state index in [9.17, 15) is 14.0 Å². The highest BCUT2D eigenvalue weighted by Gasteiger charge is 2.29. The maximum atomic E-state index is 13.8. The van der Waals surface area contributed by atoms with Crippen molar-refractivity contribution in [2.45, 2.75) is 39.7 Å². The van der Waals surface area contributed by atoms with Gasteiger partial charge >= 0.3 is 0 Å². The zero-order valence-electron chi connectivity index (χ0n) is 15.8. The van der Waals surface area contributed by atoms with E-state index in [0.717, 1.165) is 0 Å². The van der Waals surface area contributed by atoms with Gasteiger partial charge in [-0.25, -0.2) is 4.39 Å². The van der Waals surface area contributed by atoms with Gasteiger partial charge in [0.15, 0.2) is 0 Å². The van der Waals surface area contributed by atoms with E-state index in [1.165, 1.54) is 6.07 Å². The lowest BCUT2D eigenvalue weighted by atomic mass is 9.97. The van der Waals surface area contributed by atoms with Crippen LogP contribution in [0, 0.1) is 17.7 Å². The summed E-state index contributed by atoms with van der Waals surface area (Å²) in [5.41, 5.74) is 0.509. The molecule has 2 amide bonds. The number of morpholine rings is 1. The molecule has 0 bridgehead atoms. The van der Waals surface area contributed by atoms with Crippen LogP contribution in [0.1, 0.15) is 32.8 Å². The van der Waals surface area contributed by atoms with Crippen LogP contribution in [0.3, 0.4) is 0 Å². The summed E-state index contributed by atoms with van der Waals surface area (Å²) in [6.45, 7) is 7.95. The maximum Gasteiger partial charge on any atom is 0.245 e. The first-order valence-corrected chi connectivity index (χ1v) is 9.28. The first-order valence-electron chi connectivity index (χ1n) is 9.28. The van der Waals surface area contributed by atoms with Crippen LogP contribution < -0.4 is 5.32 Å². The molecule has 144 valence electrons. The molecule has 5 nitrogen and oxygen atoms in total. The highest BCUT2D eigenvalue weighted by Crippen LogP contribution is 2.15. The fourth-order valence-electron chi connectivity index (χ4n) is 3.10. The lowest BCUT2D eigenvalue weighted by Gasteiger charge is -2.31. The Hall–Kier alpha value is -1.95. The number of amides is 2.